The average Bonchev–Trinajstić information content (AvgIpc) is 2.46. The second kappa shape index (κ2) is 10.6. The molecule has 5 nitrogen and oxygen atoms in total. The van der Waals surface area contributed by atoms with E-state index in [2.05, 4.69) is 29.1 Å². The molecule has 0 saturated carbocycles. The fraction of sp³-hybridized carbons (Fsp3) is 0.875. The van der Waals surface area contributed by atoms with E-state index in [4.69, 9.17) is 5.41 Å². The Morgan fingerprint density at radius 1 is 1.05 bits per heavy atom. The van der Waals surface area contributed by atoms with Crippen LogP contribution in [0.1, 0.15) is 52.4 Å². The van der Waals surface area contributed by atoms with Gasteiger partial charge in [-0.3, -0.25) is 0 Å². The molecule has 0 aromatic heterocycles. The minimum atomic E-state index is 0.366. The largest absolute Gasteiger partial charge is 0.327 e. The Kier molecular flexibility index (Phi) is 10.0. The lowest BCUT2D eigenvalue weighted by atomic mass is 10.2. The summed E-state index contributed by atoms with van der Waals surface area (Å²) in [4.78, 5) is 6.51. The summed E-state index contributed by atoms with van der Waals surface area (Å²) in [5, 5.41) is 11.8. The molecule has 2 N–H and O–H groups in total. The molecule has 0 saturated heterocycles. The second-order valence-electron chi connectivity index (χ2n) is 5.98. The van der Waals surface area contributed by atoms with Crippen molar-refractivity contribution in [1.82, 2.24) is 10.2 Å². The lowest BCUT2D eigenvalue weighted by Gasteiger charge is -2.35. The van der Waals surface area contributed by atoms with Crippen molar-refractivity contribution in [3.63, 3.8) is 0 Å². The molecule has 0 unspecified atom stereocenters. The fourth-order valence-electron chi connectivity index (χ4n) is 2.52. The topological polar surface area (TPSA) is 51.5 Å². The zero-order valence-corrected chi connectivity index (χ0v) is 15.0. The molecule has 21 heavy (non-hydrogen) atoms. The van der Waals surface area contributed by atoms with Gasteiger partial charge in [0.2, 0.25) is 0 Å². The summed E-state index contributed by atoms with van der Waals surface area (Å²) in [5.41, 5.74) is 0. The summed E-state index contributed by atoms with van der Waals surface area (Å²) in [6.45, 7) is 6.38. The quantitative estimate of drug-likeness (QED) is 0.313. The molecule has 5 heteroatoms. The molecular formula is C16H36N5+. The molecule has 0 rings (SSSR count). The van der Waals surface area contributed by atoms with Gasteiger partial charge in [-0.05, 0) is 12.8 Å². The number of unbranched alkanes of at least 4 members (excludes halogenated alkanes) is 4. The predicted molar refractivity (Wildman–Crippen MR) is 92.9 cm³/mol. The van der Waals surface area contributed by atoms with E-state index in [0.29, 0.717) is 10.4 Å². The molecule has 124 valence electrons. The number of rotatable bonds is 8. The van der Waals surface area contributed by atoms with Crippen molar-refractivity contribution in [2.24, 2.45) is 4.99 Å². The van der Waals surface area contributed by atoms with Gasteiger partial charge in [0.25, 0.3) is 0 Å². The highest BCUT2D eigenvalue weighted by molar-refractivity contribution is 5.86. The van der Waals surface area contributed by atoms with Crippen LogP contribution in [0.25, 0.3) is 0 Å². The Morgan fingerprint density at radius 2 is 1.52 bits per heavy atom. The molecule has 0 aromatic carbocycles. The van der Waals surface area contributed by atoms with Crippen molar-refractivity contribution in [1.29, 1.82) is 5.41 Å². The number of hydrogen-bond donors (Lipinski definition) is 2. The minimum Gasteiger partial charge on any atom is -0.327 e. The van der Waals surface area contributed by atoms with Crippen LogP contribution in [-0.4, -0.2) is 62.6 Å². The zero-order chi connectivity index (χ0) is 16.3. The van der Waals surface area contributed by atoms with Crippen molar-refractivity contribution in [2.45, 2.75) is 52.4 Å². The fourth-order valence-corrected chi connectivity index (χ4v) is 2.52. The summed E-state index contributed by atoms with van der Waals surface area (Å²) in [6.07, 6.45) is 7.20. The van der Waals surface area contributed by atoms with Gasteiger partial charge in [-0.15, -0.1) is 0 Å². The van der Waals surface area contributed by atoms with Crippen LogP contribution in [0.3, 0.4) is 0 Å². The van der Waals surface area contributed by atoms with Crippen LogP contribution in [0.5, 0.6) is 0 Å². The Bertz CT molecular complexity index is 313. The number of guanidine groups is 2. The first-order chi connectivity index (χ1) is 9.95. The highest BCUT2D eigenvalue weighted by Crippen LogP contribution is 2.10. The van der Waals surface area contributed by atoms with E-state index in [0.717, 1.165) is 31.9 Å². The molecule has 0 fully saturated rings. The maximum atomic E-state index is 8.63. The van der Waals surface area contributed by atoms with Crippen molar-refractivity contribution in [3.8, 4) is 0 Å². The lowest BCUT2D eigenvalue weighted by molar-refractivity contribution is -0.710. The molecule has 0 spiro atoms. The summed E-state index contributed by atoms with van der Waals surface area (Å²) < 4.78 is 0.366. The van der Waals surface area contributed by atoms with Gasteiger partial charge in [-0.1, -0.05) is 39.5 Å². The molecular weight excluding hydrogens is 262 g/mol. The van der Waals surface area contributed by atoms with E-state index in [1.54, 1.807) is 7.05 Å². The normalized spacial score (nSPS) is 12.4. The third kappa shape index (κ3) is 6.46. The number of aliphatic imine (C=N–C) groups is 1. The number of nitrogens with zero attached hydrogens (tertiary/aromatic N) is 3. The Morgan fingerprint density at radius 3 is 1.86 bits per heavy atom. The van der Waals surface area contributed by atoms with Crippen LogP contribution >= 0.6 is 0 Å². The van der Waals surface area contributed by atoms with E-state index < -0.39 is 0 Å². The molecule has 0 aliphatic heterocycles. The molecule has 0 amide bonds. The van der Waals surface area contributed by atoms with Gasteiger partial charge in [-0.2, -0.15) is 0 Å². The minimum absolute atomic E-state index is 0.366. The van der Waals surface area contributed by atoms with Crippen molar-refractivity contribution < 1.29 is 4.48 Å². The van der Waals surface area contributed by atoms with Gasteiger partial charge >= 0.3 is 11.9 Å². The first-order valence-electron chi connectivity index (χ1n) is 8.28. The number of hydrogen-bond acceptors (Lipinski definition) is 2. The zero-order valence-electron chi connectivity index (χ0n) is 15.0. The van der Waals surface area contributed by atoms with Crippen LogP contribution in [-0.2, 0) is 0 Å². The SMILES string of the molecule is CCCCCN(CCCCC)C(=N)[N+](C)(C)C(=NC)NC. The Hall–Kier alpha value is -1.10. The number of quaternary nitrogens is 1. The maximum absolute atomic E-state index is 8.63. The van der Waals surface area contributed by atoms with Crippen LogP contribution in [0.15, 0.2) is 4.99 Å². The third-order valence-electron chi connectivity index (χ3n) is 3.86. The maximum Gasteiger partial charge on any atom is 0.304 e. The summed E-state index contributed by atoms with van der Waals surface area (Å²) in [5.74, 6) is 1.44. The molecule has 0 aromatic rings. The molecule has 0 bridgehead atoms. The molecule has 0 atom stereocenters. The van der Waals surface area contributed by atoms with Crippen LogP contribution in [0, 0.1) is 5.41 Å². The van der Waals surface area contributed by atoms with Crippen LogP contribution in [0.4, 0.5) is 0 Å². The van der Waals surface area contributed by atoms with Crippen LogP contribution in [0.2, 0.25) is 0 Å². The molecule has 0 heterocycles. The second-order valence-corrected chi connectivity index (χ2v) is 5.98. The monoisotopic (exact) mass is 298 g/mol. The summed E-state index contributed by atoms with van der Waals surface area (Å²) in [7, 11) is 7.69. The van der Waals surface area contributed by atoms with E-state index >= 15 is 0 Å². The summed E-state index contributed by atoms with van der Waals surface area (Å²) in [6, 6.07) is 0. The molecule has 0 aliphatic carbocycles. The average molecular weight is 298 g/mol. The number of nitrogens with one attached hydrogen (secondary N) is 2. The van der Waals surface area contributed by atoms with E-state index in [9.17, 15) is 0 Å². The first-order valence-corrected chi connectivity index (χ1v) is 8.28. The van der Waals surface area contributed by atoms with E-state index in [1.807, 2.05) is 21.1 Å². The van der Waals surface area contributed by atoms with E-state index in [-0.39, 0.29) is 0 Å². The van der Waals surface area contributed by atoms with Crippen molar-refractivity contribution in [3.05, 3.63) is 0 Å². The highest BCUT2D eigenvalue weighted by Gasteiger charge is 2.33. The predicted octanol–water partition coefficient (Wildman–Crippen LogP) is 2.89. The van der Waals surface area contributed by atoms with Gasteiger partial charge in [0, 0.05) is 27.2 Å². The van der Waals surface area contributed by atoms with Crippen molar-refractivity contribution >= 4 is 11.9 Å². The Labute approximate surface area is 131 Å². The first kappa shape index (κ1) is 19.9. The standard InChI is InChI=1S/C16H36N5/c1-7-9-11-13-20(14-12-10-8-2)15(17)21(5,6)16(18-3)19-4/h17H,7-14H2,1-6H3,(H,18,19)/q+1. The van der Waals surface area contributed by atoms with Gasteiger partial charge in [0.15, 0.2) is 0 Å². The summed E-state index contributed by atoms with van der Waals surface area (Å²) >= 11 is 0. The lowest BCUT2D eigenvalue weighted by Crippen LogP contribution is -2.60. The highest BCUT2D eigenvalue weighted by atomic mass is 15.5. The van der Waals surface area contributed by atoms with Gasteiger partial charge < -0.3 is 10.2 Å². The van der Waals surface area contributed by atoms with Gasteiger partial charge in [0.1, 0.15) is 0 Å². The smallest absolute Gasteiger partial charge is 0.304 e. The molecule has 0 radical (unpaired) electrons. The third-order valence-corrected chi connectivity index (χ3v) is 3.86. The van der Waals surface area contributed by atoms with Crippen molar-refractivity contribution in [2.75, 3.05) is 41.3 Å². The van der Waals surface area contributed by atoms with Gasteiger partial charge in [0.05, 0.1) is 14.1 Å². The van der Waals surface area contributed by atoms with Crippen LogP contribution < -0.4 is 5.32 Å². The molecule has 0 aliphatic rings. The Balaban J connectivity index is 4.88. The van der Waals surface area contributed by atoms with E-state index in [1.165, 1.54) is 25.7 Å². The van der Waals surface area contributed by atoms with Gasteiger partial charge in [-0.25, -0.2) is 14.9 Å².